The summed E-state index contributed by atoms with van der Waals surface area (Å²) in [5, 5.41) is 22.0. The normalized spacial score (nSPS) is 13.8. The summed E-state index contributed by atoms with van der Waals surface area (Å²) in [4.78, 5) is 10.5. The van der Waals surface area contributed by atoms with Crippen molar-refractivity contribution in [2.24, 2.45) is 0 Å². The average Bonchev–Trinajstić information content (AvgIpc) is 2.42. The highest BCUT2D eigenvalue weighted by Gasteiger charge is 2.19. The summed E-state index contributed by atoms with van der Waals surface area (Å²) in [5.41, 5.74) is 0.758. The fourth-order valence-corrected chi connectivity index (χ4v) is 1.90. The maximum Gasteiger partial charge on any atom is 0.304 e. The Bertz CT molecular complexity index is 408. The molecular weight excluding hydrogens is 246 g/mol. The van der Waals surface area contributed by atoms with Crippen LogP contribution in [0.25, 0.3) is 0 Å². The number of aliphatic carboxylic acids is 1. The van der Waals surface area contributed by atoms with E-state index in [9.17, 15) is 9.90 Å². The molecule has 1 aromatic carbocycles. The lowest BCUT2D eigenvalue weighted by molar-refractivity contribution is -0.136. The number of rotatable bonds is 8. The maximum atomic E-state index is 10.5. The standard InChI is InChI=1S/C14H21NO4/c1-3-12(15-8-7-13(16)17)14(18)10-5-4-6-11(9-10)19-2/h4-6,9,12,14-15,18H,3,7-8H2,1-2H3,(H,16,17). The molecule has 0 bridgehead atoms. The van der Waals surface area contributed by atoms with Crippen LogP contribution in [-0.4, -0.2) is 35.9 Å². The third-order valence-corrected chi connectivity index (χ3v) is 3.00. The number of aliphatic hydroxyl groups is 1. The minimum absolute atomic E-state index is 0.0430. The topological polar surface area (TPSA) is 78.8 Å². The van der Waals surface area contributed by atoms with Crippen molar-refractivity contribution in [1.82, 2.24) is 5.32 Å². The Hall–Kier alpha value is -1.59. The zero-order chi connectivity index (χ0) is 14.3. The van der Waals surface area contributed by atoms with E-state index in [0.29, 0.717) is 18.7 Å². The van der Waals surface area contributed by atoms with Crippen molar-refractivity contribution < 1.29 is 19.7 Å². The number of carbonyl (C=O) groups is 1. The average molecular weight is 267 g/mol. The number of hydrogen-bond acceptors (Lipinski definition) is 4. The molecule has 2 unspecified atom stereocenters. The van der Waals surface area contributed by atoms with E-state index in [0.717, 1.165) is 5.56 Å². The molecule has 0 radical (unpaired) electrons. The molecule has 0 aliphatic heterocycles. The Labute approximate surface area is 113 Å². The molecule has 0 spiro atoms. The lowest BCUT2D eigenvalue weighted by Crippen LogP contribution is -2.35. The van der Waals surface area contributed by atoms with E-state index in [1.165, 1.54) is 0 Å². The van der Waals surface area contributed by atoms with Crippen molar-refractivity contribution in [3.8, 4) is 5.75 Å². The molecule has 1 rings (SSSR count). The summed E-state index contributed by atoms with van der Waals surface area (Å²) in [6, 6.07) is 7.07. The Morgan fingerprint density at radius 3 is 2.79 bits per heavy atom. The first-order chi connectivity index (χ1) is 9.08. The van der Waals surface area contributed by atoms with Gasteiger partial charge in [-0.05, 0) is 24.1 Å². The van der Waals surface area contributed by atoms with Crippen molar-refractivity contribution in [1.29, 1.82) is 0 Å². The molecule has 5 heteroatoms. The molecule has 0 aliphatic rings. The molecule has 0 aliphatic carbocycles. The second kappa shape index (κ2) is 7.76. The van der Waals surface area contributed by atoms with Gasteiger partial charge in [0.1, 0.15) is 5.75 Å². The summed E-state index contributed by atoms with van der Waals surface area (Å²) in [5.74, 6) is -0.157. The zero-order valence-corrected chi connectivity index (χ0v) is 11.3. The Morgan fingerprint density at radius 1 is 1.47 bits per heavy atom. The van der Waals surface area contributed by atoms with Crippen LogP contribution >= 0.6 is 0 Å². The van der Waals surface area contributed by atoms with Gasteiger partial charge in [0.25, 0.3) is 0 Å². The lowest BCUT2D eigenvalue weighted by atomic mass is 10.00. The summed E-state index contributed by atoms with van der Waals surface area (Å²) in [7, 11) is 1.58. The minimum Gasteiger partial charge on any atom is -0.497 e. The molecule has 0 fully saturated rings. The highest BCUT2D eigenvalue weighted by molar-refractivity contribution is 5.66. The first-order valence-corrected chi connectivity index (χ1v) is 6.35. The number of nitrogens with one attached hydrogen (secondary N) is 1. The molecule has 19 heavy (non-hydrogen) atoms. The van der Waals surface area contributed by atoms with Gasteiger partial charge in [0.2, 0.25) is 0 Å². The summed E-state index contributed by atoms with van der Waals surface area (Å²) >= 11 is 0. The Morgan fingerprint density at radius 2 is 2.21 bits per heavy atom. The molecule has 0 saturated carbocycles. The molecule has 0 amide bonds. The van der Waals surface area contributed by atoms with Crippen molar-refractivity contribution >= 4 is 5.97 Å². The number of hydrogen-bond donors (Lipinski definition) is 3. The van der Waals surface area contributed by atoms with Crippen LogP contribution in [-0.2, 0) is 4.79 Å². The van der Waals surface area contributed by atoms with Gasteiger partial charge in [0.15, 0.2) is 0 Å². The van der Waals surface area contributed by atoms with E-state index in [1.807, 2.05) is 25.1 Å². The van der Waals surface area contributed by atoms with E-state index in [-0.39, 0.29) is 12.5 Å². The first kappa shape index (κ1) is 15.5. The molecule has 0 aromatic heterocycles. The predicted octanol–water partition coefficient (Wildman–Crippen LogP) is 1.57. The molecule has 0 saturated heterocycles. The summed E-state index contributed by atoms with van der Waals surface area (Å²) in [6.45, 7) is 2.29. The van der Waals surface area contributed by atoms with Crippen LogP contribution in [0, 0.1) is 0 Å². The number of ether oxygens (including phenoxy) is 1. The zero-order valence-electron chi connectivity index (χ0n) is 11.3. The van der Waals surface area contributed by atoms with Gasteiger partial charge in [-0.3, -0.25) is 4.79 Å². The van der Waals surface area contributed by atoms with Gasteiger partial charge in [-0.15, -0.1) is 0 Å². The van der Waals surface area contributed by atoms with E-state index < -0.39 is 12.1 Å². The Balaban J connectivity index is 2.65. The number of aliphatic hydroxyl groups excluding tert-OH is 1. The molecule has 3 N–H and O–H groups in total. The molecular formula is C14H21NO4. The quantitative estimate of drug-likeness (QED) is 0.666. The van der Waals surface area contributed by atoms with E-state index in [2.05, 4.69) is 5.32 Å². The smallest absolute Gasteiger partial charge is 0.304 e. The molecule has 0 heterocycles. The van der Waals surface area contributed by atoms with Crippen LogP contribution in [0.3, 0.4) is 0 Å². The molecule has 5 nitrogen and oxygen atoms in total. The first-order valence-electron chi connectivity index (χ1n) is 6.35. The number of carboxylic acid groups (broad SMARTS) is 1. The van der Waals surface area contributed by atoms with Gasteiger partial charge in [-0.1, -0.05) is 19.1 Å². The fourth-order valence-electron chi connectivity index (χ4n) is 1.90. The van der Waals surface area contributed by atoms with Gasteiger partial charge in [-0.2, -0.15) is 0 Å². The summed E-state index contributed by atoms with van der Waals surface area (Å²) in [6.07, 6.45) is 0.0631. The minimum atomic E-state index is -0.849. The van der Waals surface area contributed by atoms with Crippen LogP contribution in [0.15, 0.2) is 24.3 Å². The van der Waals surface area contributed by atoms with E-state index >= 15 is 0 Å². The SMILES string of the molecule is CCC(NCCC(=O)O)C(O)c1cccc(OC)c1. The summed E-state index contributed by atoms with van der Waals surface area (Å²) < 4.78 is 5.12. The van der Waals surface area contributed by atoms with Gasteiger partial charge in [-0.25, -0.2) is 0 Å². The molecule has 1 aromatic rings. The highest BCUT2D eigenvalue weighted by atomic mass is 16.5. The van der Waals surface area contributed by atoms with Crippen molar-refractivity contribution in [2.45, 2.75) is 31.9 Å². The van der Waals surface area contributed by atoms with Crippen LogP contribution < -0.4 is 10.1 Å². The second-order valence-electron chi connectivity index (χ2n) is 4.33. The van der Waals surface area contributed by atoms with Gasteiger partial charge in [0.05, 0.1) is 19.6 Å². The third-order valence-electron chi connectivity index (χ3n) is 3.00. The monoisotopic (exact) mass is 267 g/mol. The van der Waals surface area contributed by atoms with Crippen molar-refractivity contribution in [3.63, 3.8) is 0 Å². The fraction of sp³-hybridized carbons (Fsp3) is 0.500. The number of benzene rings is 1. The van der Waals surface area contributed by atoms with Crippen LogP contribution in [0.1, 0.15) is 31.4 Å². The molecule has 106 valence electrons. The third kappa shape index (κ3) is 4.89. The Kier molecular flexibility index (Phi) is 6.32. The molecule has 2 atom stereocenters. The number of methoxy groups -OCH3 is 1. The van der Waals surface area contributed by atoms with E-state index in [1.54, 1.807) is 13.2 Å². The van der Waals surface area contributed by atoms with Gasteiger partial charge in [0, 0.05) is 12.6 Å². The lowest BCUT2D eigenvalue weighted by Gasteiger charge is -2.23. The van der Waals surface area contributed by atoms with Crippen LogP contribution in [0.4, 0.5) is 0 Å². The van der Waals surface area contributed by atoms with Gasteiger partial charge < -0.3 is 20.3 Å². The van der Waals surface area contributed by atoms with Crippen LogP contribution in [0.5, 0.6) is 5.75 Å². The second-order valence-corrected chi connectivity index (χ2v) is 4.33. The van der Waals surface area contributed by atoms with E-state index in [4.69, 9.17) is 9.84 Å². The highest BCUT2D eigenvalue weighted by Crippen LogP contribution is 2.22. The van der Waals surface area contributed by atoms with Gasteiger partial charge >= 0.3 is 5.97 Å². The largest absolute Gasteiger partial charge is 0.497 e. The van der Waals surface area contributed by atoms with Crippen molar-refractivity contribution in [2.75, 3.05) is 13.7 Å². The maximum absolute atomic E-state index is 10.5. The number of carboxylic acids is 1. The predicted molar refractivity (Wildman–Crippen MR) is 72.3 cm³/mol. The van der Waals surface area contributed by atoms with Crippen molar-refractivity contribution in [3.05, 3.63) is 29.8 Å². The van der Waals surface area contributed by atoms with Crippen LogP contribution in [0.2, 0.25) is 0 Å².